The molecule has 0 aromatic carbocycles. The Labute approximate surface area is 113 Å². The molecule has 1 aromatic heterocycles. The van der Waals surface area contributed by atoms with E-state index >= 15 is 0 Å². The van der Waals surface area contributed by atoms with Gasteiger partial charge in [0.2, 0.25) is 5.76 Å². The minimum atomic E-state index is -0.454. The van der Waals surface area contributed by atoms with Gasteiger partial charge in [0, 0.05) is 18.6 Å². The molecule has 1 aliphatic heterocycles. The second-order valence-corrected chi connectivity index (χ2v) is 5.54. The van der Waals surface area contributed by atoms with Crippen LogP contribution in [-0.2, 0) is 11.3 Å². The van der Waals surface area contributed by atoms with E-state index in [9.17, 15) is 9.90 Å². The topological polar surface area (TPSA) is 62.9 Å². The Morgan fingerprint density at radius 3 is 3.05 bits per heavy atom. The first-order valence-corrected chi connectivity index (χ1v) is 6.56. The maximum Gasteiger partial charge on any atom is 0.373 e. The van der Waals surface area contributed by atoms with Crippen LogP contribution in [0, 0.1) is 5.41 Å². The Balaban J connectivity index is 1.97. The van der Waals surface area contributed by atoms with Crippen molar-refractivity contribution in [2.45, 2.75) is 26.3 Å². The molecule has 1 aliphatic rings. The first-order chi connectivity index (χ1) is 9.06. The molecule has 1 fully saturated rings. The molecule has 0 bridgehead atoms. The molecule has 0 radical (unpaired) electrons. The van der Waals surface area contributed by atoms with Crippen molar-refractivity contribution in [3.05, 3.63) is 23.7 Å². The Bertz CT molecular complexity index is 442. The molecule has 0 aliphatic carbocycles. The molecule has 1 aromatic rings. The largest absolute Gasteiger partial charge is 0.463 e. The fourth-order valence-electron chi connectivity index (χ4n) is 2.58. The van der Waals surface area contributed by atoms with Gasteiger partial charge in [0.15, 0.2) is 0 Å². The van der Waals surface area contributed by atoms with Crippen LogP contribution in [0.25, 0.3) is 0 Å². The maximum absolute atomic E-state index is 11.3. The summed E-state index contributed by atoms with van der Waals surface area (Å²) >= 11 is 0. The molecule has 106 valence electrons. The van der Waals surface area contributed by atoms with Crippen molar-refractivity contribution in [1.82, 2.24) is 4.90 Å². The number of methoxy groups -OCH3 is 1. The standard InChI is InChI=1S/C14H21NO4/c1-14(10-16)6-3-7-15(9-14)8-11-4-5-12(19-11)13(17)18-2/h4-5,16H,3,6-10H2,1-2H3. The third kappa shape index (κ3) is 3.36. The monoisotopic (exact) mass is 267 g/mol. The SMILES string of the molecule is COC(=O)c1ccc(CN2CCCC(C)(CO)C2)o1. The number of furan rings is 1. The number of rotatable bonds is 4. The summed E-state index contributed by atoms with van der Waals surface area (Å²) in [5, 5.41) is 9.43. The van der Waals surface area contributed by atoms with Crippen molar-refractivity contribution in [3.8, 4) is 0 Å². The number of aliphatic hydroxyl groups is 1. The summed E-state index contributed by atoms with van der Waals surface area (Å²) in [5.41, 5.74) is -0.0317. The van der Waals surface area contributed by atoms with Crippen LogP contribution in [0.3, 0.4) is 0 Å². The van der Waals surface area contributed by atoms with E-state index in [1.165, 1.54) is 7.11 Å². The van der Waals surface area contributed by atoms with Crippen LogP contribution < -0.4 is 0 Å². The highest BCUT2D eigenvalue weighted by Gasteiger charge is 2.30. The van der Waals surface area contributed by atoms with Crippen LogP contribution in [0.1, 0.15) is 36.1 Å². The van der Waals surface area contributed by atoms with E-state index < -0.39 is 5.97 Å². The maximum atomic E-state index is 11.3. The average molecular weight is 267 g/mol. The van der Waals surface area contributed by atoms with E-state index in [4.69, 9.17) is 4.42 Å². The average Bonchev–Trinajstić information content (AvgIpc) is 2.86. The van der Waals surface area contributed by atoms with Gasteiger partial charge in [-0.05, 0) is 31.5 Å². The number of carbonyl (C=O) groups excluding carboxylic acids is 1. The first-order valence-electron chi connectivity index (χ1n) is 6.56. The van der Waals surface area contributed by atoms with Crippen LogP contribution in [-0.4, -0.2) is 42.8 Å². The quantitative estimate of drug-likeness (QED) is 0.841. The lowest BCUT2D eigenvalue weighted by Gasteiger charge is -2.38. The molecule has 1 N–H and O–H groups in total. The molecule has 1 unspecified atom stereocenters. The fraction of sp³-hybridized carbons (Fsp3) is 0.643. The van der Waals surface area contributed by atoms with Gasteiger partial charge in [0.25, 0.3) is 0 Å². The number of nitrogens with zero attached hydrogens (tertiary/aromatic N) is 1. The van der Waals surface area contributed by atoms with E-state index in [2.05, 4.69) is 16.6 Å². The van der Waals surface area contributed by atoms with Gasteiger partial charge in [-0.1, -0.05) is 6.92 Å². The normalized spacial score (nSPS) is 24.4. The van der Waals surface area contributed by atoms with Gasteiger partial charge in [-0.15, -0.1) is 0 Å². The lowest BCUT2D eigenvalue weighted by molar-refractivity contribution is 0.0390. The minimum Gasteiger partial charge on any atom is -0.463 e. The van der Waals surface area contributed by atoms with Gasteiger partial charge in [0.1, 0.15) is 5.76 Å². The highest BCUT2D eigenvalue weighted by Crippen LogP contribution is 2.29. The zero-order valence-electron chi connectivity index (χ0n) is 11.5. The number of piperidine rings is 1. The van der Waals surface area contributed by atoms with Gasteiger partial charge >= 0.3 is 5.97 Å². The summed E-state index contributed by atoms with van der Waals surface area (Å²) in [6.45, 7) is 4.80. The van der Waals surface area contributed by atoms with Crippen LogP contribution in [0.2, 0.25) is 0 Å². The van der Waals surface area contributed by atoms with Crippen molar-refractivity contribution in [1.29, 1.82) is 0 Å². The number of likely N-dealkylation sites (tertiary alicyclic amines) is 1. The van der Waals surface area contributed by atoms with Crippen molar-refractivity contribution in [2.75, 3.05) is 26.8 Å². The lowest BCUT2D eigenvalue weighted by Crippen LogP contribution is -2.43. The number of esters is 1. The van der Waals surface area contributed by atoms with Crippen LogP contribution in [0.4, 0.5) is 0 Å². The molecule has 0 spiro atoms. The molecule has 2 rings (SSSR count). The Hall–Kier alpha value is -1.33. The van der Waals surface area contributed by atoms with E-state index in [0.29, 0.717) is 6.54 Å². The number of ether oxygens (including phenoxy) is 1. The molecule has 19 heavy (non-hydrogen) atoms. The van der Waals surface area contributed by atoms with E-state index in [0.717, 1.165) is 31.7 Å². The third-order valence-corrected chi connectivity index (χ3v) is 3.67. The second kappa shape index (κ2) is 5.75. The summed E-state index contributed by atoms with van der Waals surface area (Å²) < 4.78 is 10.1. The highest BCUT2D eigenvalue weighted by atomic mass is 16.5. The van der Waals surface area contributed by atoms with Crippen molar-refractivity contribution in [3.63, 3.8) is 0 Å². The number of carbonyl (C=O) groups is 1. The fourth-order valence-corrected chi connectivity index (χ4v) is 2.58. The summed E-state index contributed by atoms with van der Waals surface area (Å²) in [6.07, 6.45) is 2.12. The third-order valence-electron chi connectivity index (χ3n) is 3.67. The Kier molecular flexibility index (Phi) is 4.27. The van der Waals surface area contributed by atoms with Gasteiger partial charge in [-0.2, -0.15) is 0 Å². The van der Waals surface area contributed by atoms with Gasteiger partial charge in [-0.25, -0.2) is 4.79 Å². The second-order valence-electron chi connectivity index (χ2n) is 5.54. The first kappa shape index (κ1) is 14.1. The number of hydrogen-bond acceptors (Lipinski definition) is 5. The van der Waals surface area contributed by atoms with E-state index in [1.807, 2.05) is 0 Å². The Morgan fingerprint density at radius 1 is 1.58 bits per heavy atom. The number of hydrogen-bond donors (Lipinski definition) is 1. The smallest absolute Gasteiger partial charge is 0.373 e. The van der Waals surface area contributed by atoms with Crippen molar-refractivity contribution >= 4 is 5.97 Å². The molecule has 1 atom stereocenters. The highest BCUT2D eigenvalue weighted by molar-refractivity contribution is 5.86. The van der Waals surface area contributed by atoms with Gasteiger partial charge < -0.3 is 14.3 Å². The van der Waals surface area contributed by atoms with Crippen LogP contribution in [0.15, 0.2) is 16.5 Å². The minimum absolute atomic E-state index is 0.0317. The van der Waals surface area contributed by atoms with Crippen LogP contribution in [0.5, 0.6) is 0 Å². The van der Waals surface area contributed by atoms with Crippen molar-refractivity contribution in [2.24, 2.45) is 5.41 Å². The molecular weight excluding hydrogens is 246 g/mol. The Morgan fingerprint density at radius 2 is 2.37 bits per heavy atom. The predicted molar refractivity (Wildman–Crippen MR) is 69.8 cm³/mol. The molecule has 2 heterocycles. The predicted octanol–water partition coefficient (Wildman–Crippen LogP) is 1.66. The number of aliphatic hydroxyl groups excluding tert-OH is 1. The summed E-state index contributed by atoms with van der Waals surface area (Å²) in [5.74, 6) is 0.534. The summed E-state index contributed by atoms with van der Waals surface area (Å²) in [7, 11) is 1.34. The summed E-state index contributed by atoms with van der Waals surface area (Å²) in [6, 6.07) is 3.44. The van der Waals surface area contributed by atoms with Gasteiger partial charge in [-0.3, -0.25) is 4.90 Å². The summed E-state index contributed by atoms with van der Waals surface area (Å²) in [4.78, 5) is 13.6. The molecule has 5 nitrogen and oxygen atoms in total. The molecule has 0 amide bonds. The molecule has 5 heteroatoms. The van der Waals surface area contributed by atoms with E-state index in [1.54, 1.807) is 12.1 Å². The lowest BCUT2D eigenvalue weighted by atomic mass is 9.83. The zero-order valence-corrected chi connectivity index (χ0v) is 11.5. The molecule has 1 saturated heterocycles. The van der Waals surface area contributed by atoms with E-state index in [-0.39, 0.29) is 17.8 Å². The molecular formula is C14H21NO4. The zero-order chi connectivity index (χ0) is 13.9. The van der Waals surface area contributed by atoms with Gasteiger partial charge in [0.05, 0.1) is 13.7 Å². The van der Waals surface area contributed by atoms with Crippen molar-refractivity contribution < 1.29 is 19.1 Å². The molecule has 0 saturated carbocycles. The van der Waals surface area contributed by atoms with Crippen LogP contribution >= 0.6 is 0 Å².